The predicted molar refractivity (Wildman–Crippen MR) is 60.5 cm³/mol. The van der Waals surface area contributed by atoms with Gasteiger partial charge in [-0.05, 0) is 24.6 Å². The van der Waals surface area contributed by atoms with E-state index in [1.54, 1.807) is 6.92 Å². The van der Waals surface area contributed by atoms with Crippen molar-refractivity contribution in [2.45, 2.75) is 20.8 Å². The van der Waals surface area contributed by atoms with Gasteiger partial charge in [0.1, 0.15) is 0 Å². The van der Waals surface area contributed by atoms with Crippen molar-refractivity contribution in [2.24, 2.45) is 0 Å². The molecule has 0 aliphatic carbocycles. The van der Waals surface area contributed by atoms with E-state index in [1.165, 1.54) is 25.1 Å². The van der Waals surface area contributed by atoms with E-state index in [1.807, 2.05) is 13.8 Å². The van der Waals surface area contributed by atoms with Gasteiger partial charge in [0.15, 0.2) is 11.6 Å². The van der Waals surface area contributed by atoms with Crippen LogP contribution in [0.4, 0.5) is 8.78 Å². The van der Waals surface area contributed by atoms with Crippen LogP contribution in [-0.4, -0.2) is 24.9 Å². The van der Waals surface area contributed by atoms with Crippen LogP contribution < -0.4 is 0 Å². The Kier molecular flexibility index (Phi) is 5.64. The molecule has 0 radical (unpaired) electrons. The van der Waals surface area contributed by atoms with Crippen molar-refractivity contribution in [2.75, 3.05) is 14.1 Å². The lowest BCUT2D eigenvalue weighted by Crippen LogP contribution is -2.23. The highest BCUT2D eigenvalue weighted by Crippen LogP contribution is 2.15. The second-order valence-corrected chi connectivity index (χ2v) is 3.31. The predicted octanol–water partition coefficient (Wildman–Crippen LogP) is 3.00. The molecule has 0 saturated heterocycles. The quantitative estimate of drug-likeness (QED) is 0.725. The molecule has 1 rings (SSSR count). The zero-order valence-corrected chi connectivity index (χ0v) is 10.3. The summed E-state index contributed by atoms with van der Waals surface area (Å²) in [7, 11) is 2.98. The largest absolute Gasteiger partial charge is 0.345 e. The molecule has 0 aliphatic rings. The van der Waals surface area contributed by atoms with Crippen molar-refractivity contribution >= 4 is 5.91 Å². The number of halogens is 2. The van der Waals surface area contributed by atoms with Gasteiger partial charge < -0.3 is 4.90 Å². The van der Waals surface area contributed by atoms with Crippen molar-refractivity contribution in [3.8, 4) is 0 Å². The van der Waals surface area contributed by atoms with Gasteiger partial charge in [-0.25, -0.2) is 8.78 Å². The molecule has 16 heavy (non-hydrogen) atoms. The van der Waals surface area contributed by atoms with Gasteiger partial charge in [-0.3, -0.25) is 4.79 Å². The van der Waals surface area contributed by atoms with E-state index in [4.69, 9.17) is 0 Å². The lowest BCUT2D eigenvalue weighted by molar-refractivity contribution is 0.0822. The number of hydrogen-bond acceptors (Lipinski definition) is 1. The Morgan fingerprint density at radius 1 is 1.19 bits per heavy atom. The second-order valence-electron chi connectivity index (χ2n) is 3.31. The van der Waals surface area contributed by atoms with Crippen LogP contribution in [0.25, 0.3) is 0 Å². The van der Waals surface area contributed by atoms with Crippen molar-refractivity contribution < 1.29 is 13.6 Å². The minimum absolute atomic E-state index is 0.229. The zero-order valence-electron chi connectivity index (χ0n) is 10.3. The fourth-order valence-corrected chi connectivity index (χ4v) is 1.12. The molecule has 0 spiro atoms. The van der Waals surface area contributed by atoms with E-state index in [2.05, 4.69) is 0 Å². The molecule has 0 fully saturated rings. The van der Waals surface area contributed by atoms with Crippen LogP contribution in [0, 0.1) is 18.6 Å². The molecule has 0 aromatic heterocycles. The maximum atomic E-state index is 13.2. The number of carbonyl (C=O) groups is 1. The highest BCUT2D eigenvalue weighted by molar-refractivity contribution is 5.94. The van der Waals surface area contributed by atoms with Crippen LogP contribution in [0.3, 0.4) is 0 Å². The van der Waals surface area contributed by atoms with E-state index in [-0.39, 0.29) is 5.56 Å². The van der Waals surface area contributed by atoms with Crippen LogP contribution in [0.1, 0.15) is 29.8 Å². The van der Waals surface area contributed by atoms with Crippen molar-refractivity contribution in [3.63, 3.8) is 0 Å². The Labute approximate surface area is 94.9 Å². The molecule has 1 amide bonds. The summed E-state index contributed by atoms with van der Waals surface area (Å²) in [5.41, 5.74) is 0.293. The van der Waals surface area contributed by atoms with Crippen LogP contribution in [-0.2, 0) is 0 Å². The summed E-state index contributed by atoms with van der Waals surface area (Å²) in [6, 6.07) is 2.39. The Balaban J connectivity index is 0.00000106. The van der Waals surface area contributed by atoms with Gasteiger partial charge in [0.25, 0.3) is 5.91 Å². The maximum Gasteiger partial charge on any atom is 0.256 e. The zero-order chi connectivity index (χ0) is 12.9. The molecule has 0 saturated carbocycles. The minimum atomic E-state index is -1.09. The fraction of sp³-hybridized carbons (Fsp3) is 0.417. The van der Waals surface area contributed by atoms with Crippen molar-refractivity contribution in [3.05, 3.63) is 34.9 Å². The summed E-state index contributed by atoms with van der Waals surface area (Å²) in [5, 5.41) is 0. The topological polar surface area (TPSA) is 20.3 Å². The molecule has 0 atom stereocenters. The average molecular weight is 229 g/mol. The first-order valence-corrected chi connectivity index (χ1v) is 5.10. The molecule has 4 heteroatoms. The molecular formula is C12H17F2NO. The lowest BCUT2D eigenvalue weighted by atomic mass is 10.1. The lowest BCUT2D eigenvalue weighted by Gasteiger charge is -2.11. The fourth-order valence-electron chi connectivity index (χ4n) is 1.12. The number of amides is 1. The van der Waals surface area contributed by atoms with E-state index < -0.39 is 17.5 Å². The number of nitrogens with zero attached hydrogens (tertiary/aromatic N) is 1. The SMILES string of the molecule is CC.Cc1cc(F)c(F)c(C(=O)N(C)C)c1. The van der Waals surface area contributed by atoms with Crippen molar-refractivity contribution in [1.29, 1.82) is 0 Å². The number of carbonyl (C=O) groups excluding carboxylic acids is 1. The number of benzene rings is 1. The Morgan fingerprint density at radius 3 is 2.12 bits per heavy atom. The molecule has 1 aromatic carbocycles. The molecule has 0 unspecified atom stereocenters. The number of rotatable bonds is 1. The summed E-state index contributed by atoms with van der Waals surface area (Å²) in [6.45, 7) is 5.61. The third kappa shape index (κ3) is 3.29. The number of hydrogen-bond donors (Lipinski definition) is 0. The standard InChI is InChI=1S/C10H11F2NO.C2H6/c1-6-4-7(10(14)13(2)3)9(12)8(11)5-6;1-2/h4-5H,1-3H3;1-2H3. The van der Waals surface area contributed by atoms with Gasteiger partial charge in [-0.2, -0.15) is 0 Å². The normalized spacial score (nSPS) is 9.19. The van der Waals surface area contributed by atoms with Crippen LogP contribution in [0.2, 0.25) is 0 Å². The van der Waals surface area contributed by atoms with E-state index in [0.29, 0.717) is 5.56 Å². The van der Waals surface area contributed by atoms with Crippen LogP contribution in [0.15, 0.2) is 12.1 Å². The second kappa shape index (κ2) is 6.20. The first kappa shape index (κ1) is 14.6. The monoisotopic (exact) mass is 229 g/mol. The summed E-state index contributed by atoms with van der Waals surface area (Å²) in [6.07, 6.45) is 0. The molecular weight excluding hydrogens is 212 g/mol. The summed E-state index contributed by atoms with van der Waals surface area (Å²) >= 11 is 0. The maximum absolute atomic E-state index is 13.2. The highest BCUT2D eigenvalue weighted by Gasteiger charge is 2.17. The molecule has 0 heterocycles. The molecule has 0 N–H and O–H groups in total. The van der Waals surface area contributed by atoms with E-state index >= 15 is 0 Å². The minimum Gasteiger partial charge on any atom is -0.345 e. The molecule has 2 nitrogen and oxygen atoms in total. The Morgan fingerprint density at radius 2 is 1.69 bits per heavy atom. The number of aryl methyl sites for hydroxylation is 1. The molecule has 0 aliphatic heterocycles. The summed E-state index contributed by atoms with van der Waals surface area (Å²) in [5.74, 6) is -2.62. The van der Waals surface area contributed by atoms with Gasteiger partial charge in [-0.15, -0.1) is 0 Å². The smallest absolute Gasteiger partial charge is 0.256 e. The third-order valence-corrected chi connectivity index (χ3v) is 1.81. The summed E-state index contributed by atoms with van der Waals surface area (Å²) in [4.78, 5) is 12.6. The van der Waals surface area contributed by atoms with E-state index in [9.17, 15) is 13.6 Å². The first-order valence-electron chi connectivity index (χ1n) is 5.10. The van der Waals surface area contributed by atoms with Gasteiger partial charge >= 0.3 is 0 Å². The van der Waals surface area contributed by atoms with Crippen LogP contribution >= 0.6 is 0 Å². The molecule has 1 aromatic rings. The first-order chi connectivity index (χ1) is 7.43. The van der Waals surface area contributed by atoms with Crippen molar-refractivity contribution in [1.82, 2.24) is 4.90 Å². The molecule has 90 valence electrons. The Bertz CT molecular complexity index is 376. The highest BCUT2D eigenvalue weighted by atomic mass is 19.2. The van der Waals surface area contributed by atoms with Crippen LogP contribution in [0.5, 0.6) is 0 Å². The third-order valence-electron chi connectivity index (χ3n) is 1.81. The van der Waals surface area contributed by atoms with E-state index in [0.717, 1.165) is 6.07 Å². The van der Waals surface area contributed by atoms with Gasteiger partial charge in [-0.1, -0.05) is 13.8 Å². The Hall–Kier alpha value is -1.45. The van der Waals surface area contributed by atoms with Gasteiger partial charge in [0, 0.05) is 14.1 Å². The summed E-state index contributed by atoms with van der Waals surface area (Å²) < 4.78 is 26.1. The molecule has 0 bridgehead atoms. The van der Waals surface area contributed by atoms with Gasteiger partial charge in [0.2, 0.25) is 0 Å². The van der Waals surface area contributed by atoms with Gasteiger partial charge in [0.05, 0.1) is 5.56 Å². The average Bonchev–Trinajstić information content (AvgIpc) is 2.25.